The highest BCUT2D eigenvalue weighted by molar-refractivity contribution is 5.93. The van der Waals surface area contributed by atoms with Crippen LogP contribution in [0.25, 0.3) is 16.6 Å². The SMILES string of the molecule is C1=CC(c2ccnc3[nH]ccc23)=CCN1. The number of rotatable bonds is 1. The zero-order valence-electron chi connectivity index (χ0n) is 8.20. The maximum Gasteiger partial charge on any atom is 0.137 e. The molecule has 1 aliphatic rings. The summed E-state index contributed by atoms with van der Waals surface area (Å²) in [7, 11) is 0. The molecule has 3 heterocycles. The summed E-state index contributed by atoms with van der Waals surface area (Å²) < 4.78 is 0. The molecule has 2 aromatic heterocycles. The van der Waals surface area contributed by atoms with Crippen molar-refractivity contribution in [2.45, 2.75) is 0 Å². The molecule has 0 amide bonds. The Balaban J connectivity index is 2.21. The molecule has 0 radical (unpaired) electrons. The summed E-state index contributed by atoms with van der Waals surface area (Å²) in [6.07, 6.45) is 10.0. The topological polar surface area (TPSA) is 40.7 Å². The van der Waals surface area contributed by atoms with Crippen molar-refractivity contribution in [3.8, 4) is 0 Å². The third kappa shape index (κ3) is 1.32. The molecule has 74 valence electrons. The fourth-order valence-electron chi connectivity index (χ4n) is 1.87. The molecule has 2 aromatic rings. The molecular formula is C12H11N3. The van der Waals surface area contributed by atoms with Gasteiger partial charge in [0.1, 0.15) is 5.65 Å². The van der Waals surface area contributed by atoms with E-state index in [1.165, 1.54) is 16.5 Å². The van der Waals surface area contributed by atoms with Gasteiger partial charge < -0.3 is 10.3 Å². The van der Waals surface area contributed by atoms with Crippen LogP contribution in [0, 0.1) is 0 Å². The second kappa shape index (κ2) is 3.28. The number of nitrogens with zero attached hydrogens (tertiary/aromatic N) is 1. The second-order valence-electron chi connectivity index (χ2n) is 3.50. The number of allylic oxidation sites excluding steroid dienone is 2. The van der Waals surface area contributed by atoms with Gasteiger partial charge in [-0.1, -0.05) is 6.08 Å². The van der Waals surface area contributed by atoms with Gasteiger partial charge in [0.2, 0.25) is 0 Å². The van der Waals surface area contributed by atoms with Crippen LogP contribution in [-0.4, -0.2) is 16.5 Å². The van der Waals surface area contributed by atoms with E-state index in [1.807, 2.05) is 18.6 Å². The van der Waals surface area contributed by atoms with Gasteiger partial charge in [0.25, 0.3) is 0 Å². The van der Waals surface area contributed by atoms with Crippen LogP contribution in [-0.2, 0) is 0 Å². The molecule has 0 atom stereocenters. The molecule has 0 aromatic carbocycles. The average Bonchev–Trinajstić information content (AvgIpc) is 2.78. The van der Waals surface area contributed by atoms with Gasteiger partial charge in [0.15, 0.2) is 0 Å². The Morgan fingerprint density at radius 2 is 2.27 bits per heavy atom. The summed E-state index contributed by atoms with van der Waals surface area (Å²) in [6.45, 7) is 0.889. The molecule has 2 N–H and O–H groups in total. The Morgan fingerprint density at radius 3 is 3.13 bits per heavy atom. The van der Waals surface area contributed by atoms with Gasteiger partial charge in [-0.15, -0.1) is 0 Å². The average molecular weight is 197 g/mol. The summed E-state index contributed by atoms with van der Waals surface area (Å²) in [5.74, 6) is 0. The maximum atomic E-state index is 4.27. The molecule has 0 saturated heterocycles. The highest BCUT2D eigenvalue weighted by Gasteiger charge is 2.06. The van der Waals surface area contributed by atoms with Crippen molar-refractivity contribution in [2.75, 3.05) is 6.54 Å². The van der Waals surface area contributed by atoms with Crippen molar-refractivity contribution < 1.29 is 0 Å². The van der Waals surface area contributed by atoms with Crippen LogP contribution >= 0.6 is 0 Å². The lowest BCUT2D eigenvalue weighted by molar-refractivity contribution is 0.976. The predicted molar refractivity (Wildman–Crippen MR) is 61.2 cm³/mol. The highest BCUT2D eigenvalue weighted by Crippen LogP contribution is 2.24. The lowest BCUT2D eigenvalue weighted by Crippen LogP contribution is -2.08. The Morgan fingerprint density at radius 1 is 1.27 bits per heavy atom. The number of pyridine rings is 1. The van der Waals surface area contributed by atoms with E-state index in [4.69, 9.17) is 0 Å². The van der Waals surface area contributed by atoms with Crippen LogP contribution in [0.2, 0.25) is 0 Å². The van der Waals surface area contributed by atoms with E-state index in [0.29, 0.717) is 0 Å². The van der Waals surface area contributed by atoms with Crippen LogP contribution in [0.15, 0.2) is 42.9 Å². The van der Waals surface area contributed by atoms with Gasteiger partial charge in [0, 0.05) is 24.3 Å². The number of nitrogens with one attached hydrogen (secondary N) is 2. The fraction of sp³-hybridized carbons (Fsp3) is 0.0833. The van der Waals surface area contributed by atoms with Crippen molar-refractivity contribution in [1.82, 2.24) is 15.3 Å². The van der Waals surface area contributed by atoms with Crippen LogP contribution in [0.1, 0.15) is 5.56 Å². The van der Waals surface area contributed by atoms with Crippen molar-refractivity contribution in [3.63, 3.8) is 0 Å². The molecule has 0 bridgehead atoms. The number of aromatic amines is 1. The van der Waals surface area contributed by atoms with Crippen molar-refractivity contribution >= 4 is 16.6 Å². The number of aromatic nitrogens is 2. The smallest absolute Gasteiger partial charge is 0.137 e. The van der Waals surface area contributed by atoms with Gasteiger partial charge in [-0.3, -0.25) is 0 Å². The first-order chi connectivity index (χ1) is 7.45. The van der Waals surface area contributed by atoms with Crippen molar-refractivity contribution in [1.29, 1.82) is 0 Å². The van der Waals surface area contributed by atoms with Crippen LogP contribution in [0.3, 0.4) is 0 Å². The Bertz CT molecular complexity index is 549. The lowest BCUT2D eigenvalue weighted by Gasteiger charge is -2.09. The lowest BCUT2D eigenvalue weighted by atomic mass is 10.0. The van der Waals surface area contributed by atoms with E-state index in [-0.39, 0.29) is 0 Å². The number of hydrogen-bond donors (Lipinski definition) is 2. The summed E-state index contributed by atoms with van der Waals surface area (Å²) in [6, 6.07) is 4.12. The first-order valence-corrected chi connectivity index (χ1v) is 4.98. The molecule has 3 rings (SSSR count). The molecule has 3 nitrogen and oxygen atoms in total. The summed E-state index contributed by atoms with van der Waals surface area (Å²) in [5, 5.41) is 4.32. The van der Waals surface area contributed by atoms with Gasteiger partial charge in [0.05, 0.1) is 0 Å². The number of fused-ring (bicyclic) bond motifs is 1. The number of dihydropyridines is 1. The van der Waals surface area contributed by atoms with Crippen LogP contribution in [0.4, 0.5) is 0 Å². The minimum absolute atomic E-state index is 0.889. The van der Waals surface area contributed by atoms with Gasteiger partial charge in [-0.2, -0.15) is 0 Å². The molecular weight excluding hydrogens is 186 g/mol. The summed E-state index contributed by atoms with van der Waals surface area (Å²) in [4.78, 5) is 7.40. The zero-order chi connectivity index (χ0) is 10.1. The van der Waals surface area contributed by atoms with Gasteiger partial charge in [-0.05, 0) is 35.5 Å². The summed E-state index contributed by atoms with van der Waals surface area (Å²) in [5.41, 5.74) is 3.43. The normalized spacial score (nSPS) is 15.1. The number of hydrogen-bond acceptors (Lipinski definition) is 2. The van der Waals surface area contributed by atoms with Crippen LogP contribution < -0.4 is 5.32 Å². The molecule has 3 heteroatoms. The first-order valence-electron chi connectivity index (χ1n) is 4.98. The van der Waals surface area contributed by atoms with Gasteiger partial charge >= 0.3 is 0 Å². The maximum absolute atomic E-state index is 4.27. The quantitative estimate of drug-likeness (QED) is 0.734. The third-order valence-corrected chi connectivity index (χ3v) is 2.59. The predicted octanol–water partition coefficient (Wildman–Crippen LogP) is 2.06. The highest BCUT2D eigenvalue weighted by atomic mass is 14.8. The minimum atomic E-state index is 0.889. The van der Waals surface area contributed by atoms with E-state index < -0.39 is 0 Å². The standard InChI is InChI=1S/C12H11N3/c1-5-13-6-2-9(1)10-3-7-14-12-11(10)4-8-15-12/h1-5,7-8,13H,6H2,(H,14,15). The molecule has 0 aliphatic carbocycles. The van der Waals surface area contributed by atoms with E-state index >= 15 is 0 Å². The van der Waals surface area contributed by atoms with E-state index in [1.54, 1.807) is 0 Å². The molecule has 15 heavy (non-hydrogen) atoms. The Labute approximate surface area is 87.5 Å². The fourth-order valence-corrected chi connectivity index (χ4v) is 1.87. The van der Waals surface area contributed by atoms with Gasteiger partial charge in [-0.25, -0.2) is 4.98 Å². The number of H-pyrrole nitrogens is 1. The minimum Gasteiger partial charge on any atom is -0.387 e. The monoisotopic (exact) mass is 197 g/mol. The summed E-state index contributed by atoms with van der Waals surface area (Å²) >= 11 is 0. The largest absolute Gasteiger partial charge is 0.387 e. The second-order valence-corrected chi connectivity index (χ2v) is 3.50. The molecule has 0 unspecified atom stereocenters. The van der Waals surface area contributed by atoms with Crippen molar-refractivity contribution in [3.05, 3.63) is 48.4 Å². The van der Waals surface area contributed by atoms with E-state index in [2.05, 4.69) is 39.6 Å². The molecule has 1 aliphatic heterocycles. The first kappa shape index (κ1) is 8.29. The van der Waals surface area contributed by atoms with E-state index in [9.17, 15) is 0 Å². The van der Waals surface area contributed by atoms with Crippen LogP contribution in [0.5, 0.6) is 0 Å². The van der Waals surface area contributed by atoms with Crippen molar-refractivity contribution in [2.24, 2.45) is 0 Å². The zero-order valence-corrected chi connectivity index (χ0v) is 8.20. The Kier molecular flexibility index (Phi) is 1.81. The third-order valence-electron chi connectivity index (χ3n) is 2.59. The van der Waals surface area contributed by atoms with E-state index in [0.717, 1.165) is 12.2 Å². The molecule has 0 fully saturated rings. The Hall–Kier alpha value is -2.03. The molecule has 0 spiro atoms. The molecule has 0 saturated carbocycles.